The van der Waals surface area contributed by atoms with Crippen LogP contribution in [0, 0.1) is 0 Å². The van der Waals surface area contributed by atoms with Gasteiger partial charge in [-0.25, -0.2) is 0 Å². The summed E-state index contributed by atoms with van der Waals surface area (Å²) < 4.78 is 0. The zero-order valence-corrected chi connectivity index (χ0v) is 9.68. The predicted molar refractivity (Wildman–Crippen MR) is 72.6 cm³/mol. The van der Waals surface area contributed by atoms with Crippen LogP contribution in [-0.2, 0) is 0 Å². The van der Waals surface area contributed by atoms with E-state index in [0.717, 1.165) is 10.9 Å². The Labute approximate surface area is 104 Å². The van der Waals surface area contributed by atoms with E-state index in [-0.39, 0.29) is 5.78 Å². The molecule has 0 spiro atoms. The number of nitrogen functional groups attached to an aromatic ring is 1. The molecule has 18 heavy (non-hydrogen) atoms. The number of carbonyl (C=O) groups is 1. The van der Waals surface area contributed by atoms with Gasteiger partial charge in [-0.3, -0.25) is 4.79 Å². The number of nitrogens with one attached hydrogen (secondary N) is 1. The van der Waals surface area contributed by atoms with Gasteiger partial charge in [0.2, 0.25) is 0 Å². The van der Waals surface area contributed by atoms with E-state index in [1.165, 1.54) is 0 Å². The SMILES string of the molecule is Nc1ccccc1C(=O)c1c[nH]c2ccccc12. The van der Waals surface area contributed by atoms with Crippen molar-refractivity contribution < 1.29 is 4.79 Å². The zero-order chi connectivity index (χ0) is 12.5. The first-order valence-electron chi connectivity index (χ1n) is 5.72. The van der Waals surface area contributed by atoms with Crippen LogP contribution in [0.15, 0.2) is 54.7 Å². The number of nitrogens with two attached hydrogens (primary N) is 1. The molecule has 0 radical (unpaired) electrons. The number of H-pyrrole nitrogens is 1. The Morgan fingerprint density at radius 2 is 1.67 bits per heavy atom. The minimum Gasteiger partial charge on any atom is -0.398 e. The molecule has 1 heterocycles. The Hall–Kier alpha value is -2.55. The van der Waals surface area contributed by atoms with E-state index in [9.17, 15) is 4.79 Å². The molecule has 0 saturated carbocycles. The average molecular weight is 236 g/mol. The van der Waals surface area contributed by atoms with Crippen LogP contribution in [0.3, 0.4) is 0 Å². The largest absolute Gasteiger partial charge is 0.398 e. The standard InChI is InChI=1S/C15H12N2O/c16-13-7-3-1-6-11(13)15(18)12-9-17-14-8-4-2-5-10(12)14/h1-9,17H,16H2. The van der Waals surface area contributed by atoms with Crippen LogP contribution in [-0.4, -0.2) is 10.8 Å². The van der Waals surface area contributed by atoms with Crippen molar-refractivity contribution in [1.82, 2.24) is 4.98 Å². The molecule has 0 saturated heterocycles. The summed E-state index contributed by atoms with van der Waals surface area (Å²) in [4.78, 5) is 15.5. The molecule has 0 amide bonds. The third-order valence-electron chi connectivity index (χ3n) is 3.04. The molecule has 0 unspecified atom stereocenters. The van der Waals surface area contributed by atoms with Gasteiger partial charge in [0.05, 0.1) is 0 Å². The lowest BCUT2D eigenvalue weighted by Crippen LogP contribution is -2.04. The van der Waals surface area contributed by atoms with Crippen LogP contribution in [0.4, 0.5) is 5.69 Å². The molecule has 1 aromatic heterocycles. The lowest BCUT2D eigenvalue weighted by atomic mass is 10.0. The summed E-state index contributed by atoms with van der Waals surface area (Å²) in [6.07, 6.45) is 1.74. The van der Waals surface area contributed by atoms with Gasteiger partial charge in [-0.1, -0.05) is 30.3 Å². The van der Waals surface area contributed by atoms with Crippen LogP contribution in [0.1, 0.15) is 15.9 Å². The molecule has 2 aromatic carbocycles. The Kier molecular flexibility index (Phi) is 2.38. The number of anilines is 1. The van der Waals surface area contributed by atoms with Crippen molar-refractivity contribution >= 4 is 22.4 Å². The molecular formula is C15H12N2O. The maximum atomic E-state index is 12.4. The summed E-state index contributed by atoms with van der Waals surface area (Å²) in [6, 6.07) is 14.9. The number of aromatic amines is 1. The fraction of sp³-hybridized carbons (Fsp3) is 0. The van der Waals surface area contributed by atoms with E-state index in [0.29, 0.717) is 16.8 Å². The smallest absolute Gasteiger partial charge is 0.197 e. The molecule has 0 fully saturated rings. The van der Waals surface area contributed by atoms with Gasteiger partial charge in [-0.05, 0) is 18.2 Å². The van der Waals surface area contributed by atoms with Crippen molar-refractivity contribution in [2.24, 2.45) is 0 Å². The van der Waals surface area contributed by atoms with E-state index in [2.05, 4.69) is 4.98 Å². The Balaban J connectivity index is 2.16. The number of hydrogen-bond acceptors (Lipinski definition) is 2. The average Bonchev–Trinajstić information content (AvgIpc) is 2.82. The molecule has 0 aliphatic carbocycles. The Bertz CT molecular complexity index is 728. The summed E-state index contributed by atoms with van der Waals surface area (Å²) in [5, 5.41) is 0.922. The maximum absolute atomic E-state index is 12.4. The minimum absolute atomic E-state index is 0.0504. The second-order valence-corrected chi connectivity index (χ2v) is 4.16. The molecule has 3 N–H and O–H groups in total. The summed E-state index contributed by atoms with van der Waals surface area (Å²) in [6.45, 7) is 0. The maximum Gasteiger partial charge on any atom is 0.197 e. The molecule has 3 heteroatoms. The molecule has 3 nitrogen and oxygen atoms in total. The lowest BCUT2D eigenvalue weighted by Gasteiger charge is -2.03. The highest BCUT2D eigenvalue weighted by Gasteiger charge is 2.15. The van der Waals surface area contributed by atoms with E-state index in [4.69, 9.17) is 5.73 Å². The van der Waals surface area contributed by atoms with Gasteiger partial charge in [0.25, 0.3) is 0 Å². The third-order valence-corrected chi connectivity index (χ3v) is 3.04. The van der Waals surface area contributed by atoms with Crippen molar-refractivity contribution in [2.45, 2.75) is 0 Å². The summed E-state index contributed by atoms with van der Waals surface area (Å²) in [7, 11) is 0. The zero-order valence-electron chi connectivity index (χ0n) is 9.68. The Morgan fingerprint density at radius 1 is 0.944 bits per heavy atom. The van der Waals surface area contributed by atoms with Crippen molar-refractivity contribution in [2.75, 3.05) is 5.73 Å². The fourth-order valence-corrected chi connectivity index (χ4v) is 2.11. The molecule has 0 atom stereocenters. The number of benzene rings is 2. The number of hydrogen-bond donors (Lipinski definition) is 2. The highest BCUT2D eigenvalue weighted by molar-refractivity contribution is 6.18. The molecule has 3 rings (SSSR count). The molecule has 0 bridgehead atoms. The molecule has 3 aromatic rings. The van der Waals surface area contributed by atoms with Gasteiger partial charge in [-0.15, -0.1) is 0 Å². The van der Waals surface area contributed by atoms with Gasteiger partial charge < -0.3 is 10.7 Å². The fourth-order valence-electron chi connectivity index (χ4n) is 2.11. The van der Waals surface area contributed by atoms with Crippen molar-refractivity contribution in [3.8, 4) is 0 Å². The van der Waals surface area contributed by atoms with Crippen molar-refractivity contribution in [1.29, 1.82) is 0 Å². The van der Waals surface area contributed by atoms with Crippen LogP contribution < -0.4 is 5.73 Å². The number of carbonyl (C=O) groups excluding carboxylic acids is 1. The highest BCUT2D eigenvalue weighted by Crippen LogP contribution is 2.23. The topological polar surface area (TPSA) is 58.9 Å². The Morgan fingerprint density at radius 3 is 2.50 bits per heavy atom. The van der Waals surface area contributed by atoms with E-state index in [1.807, 2.05) is 36.4 Å². The first kappa shape index (κ1) is 10.6. The monoisotopic (exact) mass is 236 g/mol. The number of rotatable bonds is 2. The van der Waals surface area contributed by atoms with Crippen LogP contribution in [0.5, 0.6) is 0 Å². The predicted octanol–water partition coefficient (Wildman–Crippen LogP) is 2.98. The number of para-hydroxylation sites is 2. The highest BCUT2D eigenvalue weighted by atomic mass is 16.1. The molecule has 0 aliphatic rings. The van der Waals surface area contributed by atoms with E-state index < -0.39 is 0 Å². The summed E-state index contributed by atoms with van der Waals surface area (Å²) in [5.41, 5.74) is 8.50. The van der Waals surface area contributed by atoms with Crippen LogP contribution >= 0.6 is 0 Å². The molecule has 0 aliphatic heterocycles. The quantitative estimate of drug-likeness (QED) is 0.531. The normalized spacial score (nSPS) is 10.7. The first-order valence-corrected chi connectivity index (χ1v) is 5.72. The van der Waals surface area contributed by atoms with Crippen LogP contribution in [0.2, 0.25) is 0 Å². The van der Waals surface area contributed by atoms with Gasteiger partial charge in [0.15, 0.2) is 5.78 Å². The lowest BCUT2D eigenvalue weighted by molar-refractivity contribution is 0.104. The minimum atomic E-state index is -0.0504. The summed E-state index contributed by atoms with van der Waals surface area (Å²) >= 11 is 0. The first-order chi connectivity index (χ1) is 8.77. The van der Waals surface area contributed by atoms with E-state index in [1.54, 1.807) is 18.3 Å². The van der Waals surface area contributed by atoms with Crippen LogP contribution in [0.25, 0.3) is 10.9 Å². The van der Waals surface area contributed by atoms with Gasteiger partial charge in [0, 0.05) is 33.9 Å². The second-order valence-electron chi connectivity index (χ2n) is 4.16. The van der Waals surface area contributed by atoms with Gasteiger partial charge in [-0.2, -0.15) is 0 Å². The van der Waals surface area contributed by atoms with Gasteiger partial charge >= 0.3 is 0 Å². The van der Waals surface area contributed by atoms with Crippen molar-refractivity contribution in [3.05, 3.63) is 65.9 Å². The van der Waals surface area contributed by atoms with E-state index >= 15 is 0 Å². The summed E-state index contributed by atoms with van der Waals surface area (Å²) in [5.74, 6) is -0.0504. The number of fused-ring (bicyclic) bond motifs is 1. The molecular weight excluding hydrogens is 224 g/mol. The second kappa shape index (κ2) is 4.04. The third kappa shape index (κ3) is 1.57. The van der Waals surface area contributed by atoms with Gasteiger partial charge in [0.1, 0.15) is 0 Å². The van der Waals surface area contributed by atoms with Crippen molar-refractivity contribution in [3.63, 3.8) is 0 Å². The molecule has 88 valence electrons. The number of aromatic nitrogens is 1. The number of ketones is 1.